The number of Topliss-reactive ketones (excluding diaryl/α,β-unsaturated/α-hetero) is 1. The Bertz CT molecular complexity index is 1120. The molecular formula is C31H59B3N8O8. The highest BCUT2D eigenvalue weighted by molar-refractivity contribution is 6.17. The molecule has 0 fully saturated rings. The first kappa shape index (κ1) is 46.1. The van der Waals surface area contributed by atoms with Crippen molar-refractivity contribution in [1.82, 2.24) is 41.9 Å². The van der Waals surface area contributed by atoms with Crippen molar-refractivity contribution < 1.29 is 38.4 Å². The first-order valence-electron chi connectivity index (χ1n) is 17.6. The molecule has 0 saturated heterocycles. The fourth-order valence-corrected chi connectivity index (χ4v) is 4.65. The lowest BCUT2D eigenvalue weighted by Crippen LogP contribution is -2.48. The van der Waals surface area contributed by atoms with Crippen LogP contribution >= 0.6 is 0 Å². The molecule has 1 atom stereocenters. The van der Waals surface area contributed by atoms with Gasteiger partial charge in [-0.25, -0.2) is 0 Å². The van der Waals surface area contributed by atoms with E-state index in [0.29, 0.717) is 71.0 Å². The molecule has 0 rings (SSSR count). The van der Waals surface area contributed by atoms with Crippen LogP contribution in [0.1, 0.15) is 97.8 Å². The van der Waals surface area contributed by atoms with Crippen LogP contribution in [0.15, 0.2) is 0 Å². The van der Waals surface area contributed by atoms with Crippen molar-refractivity contribution in [2.75, 3.05) is 39.3 Å². The van der Waals surface area contributed by atoms with Crippen LogP contribution in [0.3, 0.4) is 0 Å². The molecule has 0 aliphatic carbocycles. The van der Waals surface area contributed by atoms with Crippen LogP contribution in [0.5, 0.6) is 0 Å². The zero-order valence-corrected chi connectivity index (χ0v) is 31.0. The summed E-state index contributed by atoms with van der Waals surface area (Å²) in [5.41, 5.74) is -0.365. The van der Waals surface area contributed by atoms with Gasteiger partial charge < -0.3 is 37.0 Å². The van der Waals surface area contributed by atoms with Gasteiger partial charge in [-0.1, -0.05) is 33.6 Å². The Morgan fingerprint density at radius 3 is 1.38 bits per heavy atom. The van der Waals surface area contributed by atoms with E-state index in [1.165, 1.54) is 20.9 Å². The fraction of sp³-hybridized carbons (Fsp3) is 0.742. The largest absolute Gasteiger partial charge is 0.406 e. The zero-order valence-electron chi connectivity index (χ0n) is 31.0. The van der Waals surface area contributed by atoms with Crippen molar-refractivity contribution in [1.29, 1.82) is 0 Å². The Morgan fingerprint density at radius 2 is 0.940 bits per heavy atom. The third-order valence-corrected chi connectivity index (χ3v) is 7.74. The predicted octanol–water partition coefficient (Wildman–Crippen LogP) is -3.59. The van der Waals surface area contributed by atoms with Crippen LogP contribution in [0.25, 0.3) is 0 Å². The number of unbranched alkanes of at least 4 members (excludes halogenated alkanes) is 5. The Morgan fingerprint density at radius 1 is 0.520 bits per heavy atom. The smallest absolute Gasteiger partial charge is 0.234 e. The highest BCUT2D eigenvalue weighted by atomic mass is 16.2. The summed E-state index contributed by atoms with van der Waals surface area (Å²) in [6, 6.07) is -0.969. The van der Waals surface area contributed by atoms with Gasteiger partial charge in [0.15, 0.2) is 0 Å². The minimum absolute atomic E-state index is 0.0751. The van der Waals surface area contributed by atoms with Crippen molar-refractivity contribution >= 4 is 71.1 Å². The van der Waals surface area contributed by atoms with E-state index in [0.717, 1.165) is 12.8 Å². The van der Waals surface area contributed by atoms with Crippen molar-refractivity contribution in [2.24, 2.45) is 5.41 Å². The molecule has 0 spiro atoms. The van der Waals surface area contributed by atoms with E-state index in [2.05, 4.69) is 37.0 Å². The van der Waals surface area contributed by atoms with Gasteiger partial charge in [-0.15, -0.1) is 0 Å². The van der Waals surface area contributed by atoms with Crippen LogP contribution in [-0.2, 0) is 38.4 Å². The number of carbonyl (C=O) groups is 8. The maximum absolute atomic E-state index is 12.7. The van der Waals surface area contributed by atoms with Gasteiger partial charge in [0.2, 0.25) is 65.3 Å². The van der Waals surface area contributed by atoms with Gasteiger partial charge in [0, 0.05) is 44.3 Å². The number of ketones is 1. The summed E-state index contributed by atoms with van der Waals surface area (Å²) in [6.45, 7) is 6.27. The lowest BCUT2D eigenvalue weighted by molar-refractivity contribution is -0.130. The van der Waals surface area contributed by atoms with Crippen LogP contribution in [-0.4, -0.2) is 121 Å². The van der Waals surface area contributed by atoms with Gasteiger partial charge >= 0.3 is 0 Å². The molecule has 19 heteroatoms. The van der Waals surface area contributed by atoms with Crippen LogP contribution in [0.4, 0.5) is 0 Å². The number of amides is 7. The van der Waals surface area contributed by atoms with Crippen LogP contribution < -0.4 is 37.0 Å². The number of carbonyl (C=O) groups excluding carboxylic acids is 8. The summed E-state index contributed by atoms with van der Waals surface area (Å²) in [5.74, 6) is -2.10. The molecule has 7 amide bonds. The maximum Gasteiger partial charge on any atom is 0.234 e. The van der Waals surface area contributed by atoms with Crippen molar-refractivity contribution in [3.8, 4) is 0 Å². The summed E-state index contributed by atoms with van der Waals surface area (Å²) < 4.78 is 0. The first-order valence-corrected chi connectivity index (χ1v) is 17.6. The zero-order chi connectivity index (χ0) is 38.0. The van der Waals surface area contributed by atoms with E-state index in [1.54, 1.807) is 7.98 Å². The van der Waals surface area contributed by atoms with E-state index in [9.17, 15) is 38.4 Å². The van der Waals surface area contributed by atoms with Crippen molar-refractivity contribution in [3.05, 3.63) is 0 Å². The predicted molar refractivity (Wildman–Crippen MR) is 197 cm³/mol. The number of rotatable bonds is 27. The molecule has 280 valence electrons. The summed E-state index contributed by atoms with van der Waals surface area (Å²) >= 11 is 0. The summed E-state index contributed by atoms with van der Waals surface area (Å²) in [4.78, 5) is 98.8. The average molecular weight is 704 g/mol. The third kappa shape index (κ3) is 24.3. The Hall–Kier alpha value is -3.89. The SMILES string of the molecule is BNC(=O)CCCCNC(=O)CN(CC(=O)NCCCCCC(=O)N[C@@H](CC(=O)NB)C(=O)NB)CC(=O)NCCCCCC(=O)C(C)(C)C. The molecule has 0 unspecified atom stereocenters. The minimum Gasteiger partial charge on any atom is -0.406 e. The van der Waals surface area contributed by atoms with Gasteiger partial charge in [-0.05, 0) is 38.5 Å². The van der Waals surface area contributed by atoms with Crippen LogP contribution in [0, 0.1) is 5.41 Å². The van der Waals surface area contributed by atoms with Gasteiger partial charge in [0.05, 0.1) is 26.1 Å². The molecule has 0 radical (unpaired) electrons. The maximum atomic E-state index is 12.7. The second kappa shape index (κ2) is 26.9. The number of hydrogen-bond acceptors (Lipinski definition) is 9. The van der Waals surface area contributed by atoms with Crippen LogP contribution in [0.2, 0.25) is 0 Å². The highest BCUT2D eigenvalue weighted by Crippen LogP contribution is 2.18. The Kier molecular flexibility index (Phi) is 24.8. The quantitative estimate of drug-likeness (QED) is 0.0331. The monoisotopic (exact) mass is 704 g/mol. The normalized spacial score (nSPS) is 11.5. The number of nitrogens with one attached hydrogen (secondary N) is 7. The molecule has 7 N–H and O–H groups in total. The Balaban J connectivity index is 4.74. The van der Waals surface area contributed by atoms with E-state index >= 15 is 0 Å². The minimum atomic E-state index is -0.969. The van der Waals surface area contributed by atoms with Gasteiger partial charge in [-0.3, -0.25) is 43.3 Å². The number of nitrogens with zero attached hydrogens (tertiary/aromatic N) is 1. The molecule has 0 heterocycles. The number of hydrogen-bond donors (Lipinski definition) is 7. The van der Waals surface area contributed by atoms with Gasteiger partial charge in [0.25, 0.3) is 0 Å². The molecule has 0 bridgehead atoms. The second-order valence-corrected chi connectivity index (χ2v) is 13.2. The first-order chi connectivity index (χ1) is 23.6. The molecule has 0 saturated carbocycles. The molecule has 16 nitrogen and oxygen atoms in total. The van der Waals surface area contributed by atoms with E-state index < -0.39 is 11.9 Å². The summed E-state index contributed by atoms with van der Waals surface area (Å²) in [7, 11) is 4.43. The molecule has 0 aromatic heterocycles. The molecule has 0 aliphatic rings. The van der Waals surface area contributed by atoms with E-state index in [1.807, 2.05) is 20.8 Å². The molecule has 0 aromatic rings. The molecule has 50 heavy (non-hydrogen) atoms. The summed E-state index contributed by atoms with van der Waals surface area (Å²) in [5, 5.41) is 18.3. The highest BCUT2D eigenvalue weighted by Gasteiger charge is 2.22. The molecule has 0 aliphatic heterocycles. The average Bonchev–Trinajstić information content (AvgIpc) is 3.05. The topological polar surface area (TPSA) is 224 Å². The molecule has 0 aromatic carbocycles. The van der Waals surface area contributed by atoms with Crippen molar-refractivity contribution in [2.45, 2.75) is 104 Å². The van der Waals surface area contributed by atoms with Crippen molar-refractivity contribution in [3.63, 3.8) is 0 Å². The van der Waals surface area contributed by atoms with Gasteiger partial charge in [-0.2, -0.15) is 0 Å². The summed E-state index contributed by atoms with van der Waals surface area (Å²) in [6.07, 6.45) is 5.97. The van der Waals surface area contributed by atoms with Gasteiger partial charge in [0.1, 0.15) is 11.8 Å². The second-order valence-electron chi connectivity index (χ2n) is 13.2. The Labute approximate surface area is 299 Å². The molecular weight excluding hydrogens is 645 g/mol. The van der Waals surface area contributed by atoms with E-state index in [4.69, 9.17) is 0 Å². The fourth-order valence-electron chi connectivity index (χ4n) is 4.65. The van der Waals surface area contributed by atoms with E-state index in [-0.39, 0.29) is 79.1 Å². The standard InChI is InChI=1S/C31H59B3N8O8/c1-31(2,3)23(43)12-6-4-9-15-35-27(47)19-42(21-29(49)37-17-11-8-14-25(45)39-32)20-28(48)36-16-10-5-7-13-24(44)38-22(30(50)41-34)18-26(46)40-33/h22H,4-21,32-34H2,1-3H3,(H,35,47)(H,36,48)(H,37,49)(H,38,44)(H,39,45)(H,40,46)(H,41,50)/t22-/m0/s1. The lowest BCUT2D eigenvalue weighted by atomic mass is 9.88. The third-order valence-electron chi connectivity index (χ3n) is 7.74. The lowest BCUT2D eigenvalue weighted by Gasteiger charge is -2.21.